The van der Waals surface area contributed by atoms with Gasteiger partial charge in [0.15, 0.2) is 5.84 Å². The topological polar surface area (TPSA) is 108 Å². The van der Waals surface area contributed by atoms with Gasteiger partial charge in [0.25, 0.3) is 0 Å². The van der Waals surface area contributed by atoms with Gasteiger partial charge in [0.05, 0.1) is 0 Å². The van der Waals surface area contributed by atoms with Crippen molar-refractivity contribution in [3.8, 4) is 0 Å². The molecule has 17 heavy (non-hydrogen) atoms. The summed E-state index contributed by atoms with van der Waals surface area (Å²) in [6.07, 6.45) is 2.50. The van der Waals surface area contributed by atoms with Gasteiger partial charge in [0.1, 0.15) is 5.69 Å². The van der Waals surface area contributed by atoms with Crippen LogP contribution >= 0.6 is 0 Å². The van der Waals surface area contributed by atoms with Crippen molar-refractivity contribution in [1.82, 2.24) is 9.97 Å². The molecule has 0 bridgehead atoms. The molecule has 1 atom stereocenters. The third-order valence-electron chi connectivity index (χ3n) is 2.84. The van der Waals surface area contributed by atoms with Gasteiger partial charge >= 0.3 is 0 Å². The lowest BCUT2D eigenvalue weighted by Crippen LogP contribution is -2.24. The Morgan fingerprint density at radius 2 is 2.47 bits per heavy atom. The zero-order valence-corrected chi connectivity index (χ0v) is 9.32. The molecule has 7 heteroatoms. The summed E-state index contributed by atoms with van der Waals surface area (Å²) in [6.45, 7) is 1.72. The van der Waals surface area contributed by atoms with Crippen LogP contribution in [0.5, 0.6) is 0 Å². The monoisotopic (exact) mass is 237 g/mol. The van der Waals surface area contributed by atoms with Crippen molar-refractivity contribution in [2.24, 2.45) is 16.8 Å². The van der Waals surface area contributed by atoms with Crippen molar-refractivity contribution in [2.45, 2.75) is 6.42 Å². The van der Waals surface area contributed by atoms with E-state index in [9.17, 15) is 0 Å². The number of aliphatic hydroxyl groups is 1. The Morgan fingerprint density at radius 1 is 1.65 bits per heavy atom. The summed E-state index contributed by atoms with van der Waals surface area (Å²) >= 11 is 0. The average molecular weight is 237 g/mol. The standard InChI is InChI=1S/C10H15N5O2/c11-9(14-17)8-1-3-12-10(13-8)15-4-2-7(5-15)6-16/h1,3,7,16-17H,2,4-6H2,(H2,11,14). The van der Waals surface area contributed by atoms with Gasteiger partial charge in [-0.3, -0.25) is 0 Å². The maximum Gasteiger partial charge on any atom is 0.225 e. The number of hydrogen-bond acceptors (Lipinski definition) is 6. The molecule has 0 spiro atoms. The van der Waals surface area contributed by atoms with Gasteiger partial charge in [-0.2, -0.15) is 0 Å². The molecule has 1 fully saturated rings. The van der Waals surface area contributed by atoms with E-state index in [1.54, 1.807) is 12.3 Å². The molecule has 2 heterocycles. The number of aliphatic hydroxyl groups excluding tert-OH is 1. The second kappa shape index (κ2) is 4.96. The SMILES string of the molecule is N/C(=N/O)c1ccnc(N2CCC(CO)C2)n1. The Morgan fingerprint density at radius 3 is 3.12 bits per heavy atom. The number of nitrogens with two attached hydrogens (primary N) is 1. The molecule has 2 rings (SSSR count). The summed E-state index contributed by atoms with van der Waals surface area (Å²) in [5.74, 6) is 0.780. The molecular weight excluding hydrogens is 222 g/mol. The largest absolute Gasteiger partial charge is 0.409 e. The maximum absolute atomic E-state index is 9.07. The van der Waals surface area contributed by atoms with Crippen molar-refractivity contribution >= 4 is 11.8 Å². The van der Waals surface area contributed by atoms with Crippen LogP contribution in [0.2, 0.25) is 0 Å². The minimum absolute atomic E-state index is 0.0356. The van der Waals surface area contributed by atoms with Crippen LogP contribution in [-0.4, -0.2) is 45.8 Å². The molecule has 0 aliphatic carbocycles. The second-order valence-electron chi connectivity index (χ2n) is 4.01. The van der Waals surface area contributed by atoms with Crippen LogP contribution in [0.4, 0.5) is 5.95 Å². The van der Waals surface area contributed by atoms with Crippen molar-refractivity contribution < 1.29 is 10.3 Å². The van der Waals surface area contributed by atoms with E-state index in [2.05, 4.69) is 15.1 Å². The van der Waals surface area contributed by atoms with Gasteiger partial charge in [0, 0.05) is 31.8 Å². The lowest BCUT2D eigenvalue weighted by atomic mass is 10.1. The van der Waals surface area contributed by atoms with Crippen LogP contribution in [0.25, 0.3) is 0 Å². The normalized spacial score (nSPS) is 20.9. The van der Waals surface area contributed by atoms with Crippen LogP contribution in [-0.2, 0) is 0 Å². The number of anilines is 1. The fourth-order valence-electron chi connectivity index (χ4n) is 1.86. The van der Waals surface area contributed by atoms with E-state index in [1.807, 2.05) is 4.90 Å². The Hall–Kier alpha value is -1.89. The van der Waals surface area contributed by atoms with E-state index < -0.39 is 0 Å². The first-order valence-electron chi connectivity index (χ1n) is 5.41. The quantitative estimate of drug-likeness (QED) is 0.280. The summed E-state index contributed by atoms with van der Waals surface area (Å²) < 4.78 is 0. The molecule has 0 amide bonds. The molecule has 1 aliphatic heterocycles. The molecule has 1 unspecified atom stereocenters. The molecule has 7 nitrogen and oxygen atoms in total. The zero-order valence-electron chi connectivity index (χ0n) is 9.32. The minimum atomic E-state index is -0.0356. The van der Waals surface area contributed by atoms with E-state index in [1.165, 1.54) is 0 Å². The molecule has 0 radical (unpaired) electrons. The highest BCUT2D eigenvalue weighted by Crippen LogP contribution is 2.19. The van der Waals surface area contributed by atoms with Crippen molar-refractivity contribution in [2.75, 3.05) is 24.6 Å². The number of hydrogen-bond donors (Lipinski definition) is 3. The summed E-state index contributed by atoms with van der Waals surface area (Å²) in [6, 6.07) is 1.58. The Balaban J connectivity index is 2.17. The fraction of sp³-hybridized carbons (Fsp3) is 0.500. The summed E-state index contributed by atoms with van der Waals surface area (Å²) in [7, 11) is 0. The fourth-order valence-corrected chi connectivity index (χ4v) is 1.86. The van der Waals surface area contributed by atoms with Crippen LogP contribution in [0, 0.1) is 5.92 Å². The van der Waals surface area contributed by atoms with Crippen molar-refractivity contribution in [3.05, 3.63) is 18.0 Å². The van der Waals surface area contributed by atoms with Gasteiger partial charge in [0.2, 0.25) is 5.95 Å². The summed E-state index contributed by atoms with van der Waals surface area (Å²) in [5, 5.41) is 20.6. The molecule has 1 aromatic rings. The molecule has 0 aromatic carbocycles. The van der Waals surface area contributed by atoms with Gasteiger partial charge in [-0.1, -0.05) is 5.16 Å². The predicted molar refractivity (Wildman–Crippen MR) is 61.9 cm³/mol. The summed E-state index contributed by atoms with van der Waals surface area (Å²) in [4.78, 5) is 10.3. The highest BCUT2D eigenvalue weighted by molar-refractivity contribution is 5.95. The lowest BCUT2D eigenvalue weighted by molar-refractivity contribution is 0.238. The Kier molecular flexibility index (Phi) is 3.38. The third kappa shape index (κ3) is 2.44. The first-order chi connectivity index (χ1) is 8.24. The molecule has 4 N–H and O–H groups in total. The highest BCUT2D eigenvalue weighted by atomic mass is 16.4. The van der Waals surface area contributed by atoms with Crippen molar-refractivity contribution in [3.63, 3.8) is 0 Å². The van der Waals surface area contributed by atoms with Crippen molar-refractivity contribution in [1.29, 1.82) is 0 Å². The summed E-state index contributed by atoms with van der Waals surface area (Å²) in [5.41, 5.74) is 5.86. The van der Waals surface area contributed by atoms with Gasteiger partial charge in [-0.15, -0.1) is 0 Å². The molecule has 1 aromatic heterocycles. The highest BCUT2D eigenvalue weighted by Gasteiger charge is 2.23. The van der Waals surface area contributed by atoms with Crippen LogP contribution in [0.1, 0.15) is 12.1 Å². The first kappa shape index (κ1) is 11.6. The minimum Gasteiger partial charge on any atom is -0.409 e. The Bertz CT molecular complexity index is 423. The smallest absolute Gasteiger partial charge is 0.225 e. The van der Waals surface area contributed by atoms with E-state index in [4.69, 9.17) is 16.0 Å². The average Bonchev–Trinajstić information content (AvgIpc) is 2.86. The predicted octanol–water partition coefficient (Wildman–Crippen LogP) is -0.610. The van der Waals surface area contributed by atoms with Gasteiger partial charge < -0.3 is 20.9 Å². The molecule has 1 aliphatic rings. The van der Waals surface area contributed by atoms with E-state index >= 15 is 0 Å². The second-order valence-corrected chi connectivity index (χ2v) is 4.01. The number of aromatic nitrogens is 2. The van der Waals surface area contributed by atoms with Gasteiger partial charge in [-0.05, 0) is 12.5 Å². The lowest BCUT2D eigenvalue weighted by Gasteiger charge is -2.16. The molecule has 0 saturated carbocycles. The van der Waals surface area contributed by atoms with E-state index in [0.717, 1.165) is 19.5 Å². The molecular formula is C10H15N5O2. The number of oxime groups is 1. The first-order valence-corrected chi connectivity index (χ1v) is 5.41. The molecule has 92 valence electrons. The van der Waals surface area contributed by atoms with Crippen LogP contribution in [0.3, 0.4) is 0 Å². The van der Waals surface area contributed by atoms with E-state index in [0.29, 0.717) is 11.6 Å². The molecule has 1 saturated heterocycles. The number of nitrogens with zero attached hydrogens (tertiary/aromatic N) is 4. The number of amidine groups is 1. The van der Waals surface area contributed by atoms with E-state index in [-0.39, 0.29) is 18.4 Å². The third-order valence-corrected chi connectivity index (χ3v) is 2.84. The van der Waals surface area contributed by atoms with Crippen LogP contribution < -0.4 is 10.6 Å². The Labute approximate surface area is 98.6 Å². The zero-order chi connectivity index (χ0) is 12.3. The maximum atomic E-state index is 9.07. The number of rotatable bonds is 3. The van der Waals surface area contributed by atoms with Gasteiger partial charge in [-0.25, -0.2) is 9.97 Å². The van der Waals surface area contributed by atoms with Crippen LogP contribution in [0.15, 0.2) is 17.4 Å².